The molecule has 5 rings (SSSR count). The first-order chi connectivity index (χ1) is 13.2. The fourth-order valence-electron chi connectivity index (χ4n) is 3.71. The van der Waals surface area contributed by atoms with Gasteiger partial charge in [-0.3, -0.25) is 9.89 Å². The molecule has 1 amide bonds. The van der Waals surface area contributed by atoms with E-state index in [2.05, 4.69) is 33.4 Å². The summed E-state index contributed by atoms with van der Waals surface area (Å²) in [5.74, 6) is 1.63. The monoisotopic (exact) mass is 383 g/mol. The third kappa shape index (κ3) is 2.91. The van der Waals surface area contributed by atoms with Crippen molar-refractivity contribution < 1.29 is 4.79 Å². The summed E-state index contributed by atoms with van der Waals surface area (Å²) in [6.07, 6.45) is 3.81. The molecule has 1 saturated heterocycles. The van der Waals surface area contributed by atoms with Crippen LogP contribution in [0.4, 0.5) is 11.8 Å². The van der Waals surface area contributed by atoms with E-state index in [0.29, 0.717) is 19.0 Å². The van der Waals surface area contributed by atoms with Gasteiger partial charge in [0, 0.05) is 48.7 Å². The lowest BCUT2D eigenvalue weighted by Crippen LogP contribution is -2.48. The van der Waals surface area contributed by atoms with Gasteiger partial charge in [0.1, 0.15) is 10.6 Å². The number of nitrogens with zero attached hydrogens (tertiary/aromatic N) is 5. The molecule has 0 bridgehead atoms. The van der Waals surface area contributed by atoms with E-state index in [1.807, 2.05) is 11.1 Å². The van der Waals surface area contributed by atoms with Crippen LogP contribution in [0.15, 0.2) is 12.3 Å². The maximum atomic E-state index is 11.8. The van der Waals surface area contributed by atoms with E-state index < -0.39 is 0 Å². The Morgan fingerprint density at radius 2 is 2.15 bits per heavy atom. The van der Waals surface area contributed by atoms with Gasteiger partial charge in [0.05, 0.1) is 18.1 Å². The van der Waals surface area contributed by atoms with Gasteiger partial charge < -0.3 is 15.1 Å². The second-order valence-electron chi connectivity index (χ2n) is 6.95. The van der Waals surface area contributed by atoms with E-state index in [0.717, 1.165) is 48.5 Å². The van der Waals surface area contributed by atoms with Gasteiger partial charge in [-0.05, 0) is 12.5 Å². The lowest BCUT2D eigenvalue weighted by atomic mass is 10.1. The van der Waals surface area contributed by atoms with E-state index in [1.54, 1.807) is 11.3 Å². The maximum absolute atomic E-state index is 11.8. The molecule has 0 aliphatic carbocycles. The predicted molar refractivity (Wildman–Crippen MR) is 105 cm³/mol. The second-order valence-corrected chi connectivity index (χ2v) is 8.06. The summed E-state index contributed by atoms with van der Waals surface area (Å²) < 4.78 is 0. The van der Waals surface area contributed by atoms with Crippen LogP contribution in [0.2, 0.25) is 0 Å². The second kappa shape index (κ2) is 6.49. The molecular formula is C18H21N7OS. The highest BCUT2D eigenvalue weighted by molar-refractivity contribution is 7.18. The molecule has 1 fully saturated rings. The Balaban J connectivity index is 1.59. The Bertz CT molecular complexity index is 1010. The number of H-pyrrole nitrogens is 1. The fraction of sp³-hybridized carbons (Fsp3) is 0.444. The summed E-state index contributed by atoms with van der Waals surface area (Å²) in [7, 11) is 0. The number of hydrogen-bond acceptors (Lipinski definition) is 7. The number of aryl methyl sites for hydroxylation is 1. The number of carbonyl (C=O) groups excluding carboxylic acids is 1. The van der Waals surface area contributed by atoms with Gasteiger partial charge in [0.2, 0.25) is 11.9 Å². The van der Waals surface area contributed by atoms with Crippen molar-refractivity contribution in [1.82, 2.24) is 25.5 Å². The molecule has 27 heavy (non-hydrogen) atoms. The molecule has 5 heterocycles. The summed E-state index contributed by atoms with van der Waals surface area (Å²) >= 11 is 1.72. The van der Waals surface area contributed by atoms with Gasteiger partial charge in [-0.15, -0.1) is 11.3 Å². The molecule has 0 aromatic carbocycles. The quantitative estimate of drug-likeness (QED) is 0.712. The molecule has 140 valence electrons. The van der Waals surface area contributed by atoms with Gasteiger partial charge in [-0.25, -0.2) is 4.98 Å². The van der Waals surface area contributed by atoms with Crippen molar-refractivity contribution in [3.8, 4) is 0 Å². The minimum atomic E-state index is 0.0212. The first-order valence-electron chi connectivity index (χ1n) is 9.29. The van der Waals surface area contributed by atoms with Crippen LogP contribution in [0, 0.1) is 0 Å². The first kappa shape index (κ1) is 16.5. The molecule has 2 N–H and O–H groups in total. The molecule has 9 heteroatoms. The number of carbonyl (C=O) groups is 1. The molecule has 3 aromatic rings. The van der Waals surface area contributed by atoms with Gasteiger partial charge in [-0.1, -0.05) is 6.92 Å². The zero-order valence-corrected chi connectivity index (χ0v) is 16.0. The zero-order chi connectivity index (χ0) is 18.4. The molecule has 0 radical (unpaired) electrons. The summed E-state index contributed by atoms with van der Waals surface area (Å²) in [5, 5.41) is 11.2. The van der Waals surface area contributed by atoms with E-state index in [9.17, 15) is 4.79 Å². The minimum absolute atomic E-state index is 0.0212. The van der Waals surface area contributed by atoms with Gasteiger partial charge in [-0.2, -0.15) is 10.1 Å². The number of aromatic nitrogens is 4. The van der Waals surface area contributed by atoms with Crippen molar-refractivity contribution in [3.63, 3.8) is 0 Å². The molecule has 0 spiro atoms. The van der Waals surface area contributed by atoms with Crippen LogP contribution in [-0.2, 0) is 24.2 Å². The van der Waals surface area contributed by atoms with Crippen molar-refractivity contribution in [2.45, 2.75) is 26.3 Å². The molecule has 0 unspecified atom stereocenters. The summed E-state index contributed by atoms with van der Waals surface area (Å²) in [4.78, 5) is 28.1. The third-order valence-electron chi connectivity index (χ3n) is 5.18. The number of piperazine rings is 1. The molecule has 2 aliphatic rings. The largest absolute Gasteiger partial charge is 0.353 e. The van der Waals surface area contributed by atoms with Gasteiger partial charge in [0.25, 0.3) is 0 Å². The maximum Gasteiger partial charge on any atom is 0.239 e. The highest BCUT2D eigenvalue weighted by atomic mass is 32.1. The van der Waals surface area contributed by atoms with Crippen LogP contribution in [0.3, 0.4) is 0 Å². The number of fused-ring (bicyclic) bond motifs is 2. The van der Waals surface area contributed by atoms with E-state index >= 15 is 0 Å². The average molecular weight is 383 g/mol. The summed E-state index contributed by atoms with van der Waals surface area (Å²) in [6.45, 7) is 5.50. The van der Waals surface area contributed by atoms with Crippen molar-refractivity contribution in [3.05, 3.63) is 28.4 Å². The van der Waals surface area contributed by atoms with Crippen LogP contribution in [0.25, 0.3) is 10.2 Å². The van der Waals surface area contributed by atoms with Crippen molar-refractivity contribution >= 4 is 39.2 Å². The number of rotatable bonds is 3. The van der Waals surface area contributed by atoms with Crippen LogP contribution < -0.4 is 15.1 Å². The minimum Gasteiger partial charge on any atom is -0.353 e. The molecule has 3 aromatic heterocycles. The smallest absolute Gasteiger partial charge is 0.239 e. The van der Waals surface area contributed by atoms with Crippen LogP contribution >= 0.6 is 11.3 Å². The number of aromatic amines is 1. The molecule has 8 nitrogen and oxygen atoms in total. The van der Waals surface area contributed by atoms with E-state index in [1.165, 1.54) is 16.1 Å². The Labute approximate surface area is 160 Å². The molecular weight excluding hydrogens is 362 g/mol. The fourth-order valence-corrected chi connectivity index (χ4v) is 4.67. The van der Waals surface area contributed by atoms with Crippen molar-refractivity contribution in [1.29, 1.82) is 0 Å². The van der Waals surface area contributed by atoms with E-state index in [4.69, 9.17) is 9.97 Å². The molecule has 2 aliphatic heterocycles. The SMILES string of the molecule is CCc1cc2c(N3CCc4[nH]ncc4C3)nc(N3CCNC(=O)C3)nc2s1. The number of anilines is 2. The lowest BCUT2D eigenvalue weighted by Gasteiger charge is -2.30. The Morgan fingerprint density at radius 1 is 1.22 bits per heavy atom. The normalized spacial score (nSPS) is 17.3. The predicted octanol–water partition coefficient (Wildman–Crippen LogP) is 1.48. The summed E-state index contributed by atoms with van der Waals surface area (Å²) in [5.41, 5.74) is 2.43. The van der Waals surface area contributed by atoms with Crippen LogP contribution in [-0.4, -0.2) is 52.3 Å². The van der Waals surface area contributed by atoms with Crippen molar-refractivity contribution in [2.24, 2.45) is 0 Å². The number of thiophene rings is 1. The zero-order valence-electron chi connectivity index (χ0n) is 15.2. The standard InChI is InChI=1S/C18H21N7OS/c1-2-12-7-13-16(24-5-3-14-11(9-24)8-20-23-14)21-18(22-17(13)27-12)25-6-4-19-15(26)10-25/h7-8H,2-6,9-10H2,1H3,(H,19,26)(H,20,23). The van der Waals surface area contributed by atoms with Crippen LogP contribution in [0.5, 0.6) is 0 Å². The number of hydrogen-bond donors (Lipinski definition) is 2. The highest BCUT2D eigenvalue weighted by Crippen LogP contribution is 2.35. The van der Waals surface area contributed by atoms with Gasteiger partial charge in [0.15, 0.2) is 0 Å². The average Bonchev–Trinajstić information content (AvgIpc) is 3.32. The Hall–Kier alpha value is -2.68. The Morgan fingerprint density at radius 3 is 3.00 bits per heavy atom. The van der Waals surface area contributed by atoms with Crippen LogP contribution in [0.1, 0.15) is 23.1 Å². The van der Waals surface area contributed by atoms with Gasteiger partial charge >= 0.3 is 0 Å². The Kier molecular flexibility index (Phi) is 3.96. The van der Waals surface area contributed by atoms with E-state index in [-0.39, 0.29) is 5.91 Å². The summed E-state index contributed by atoms with van der Waals surface area (Å²) in [6, 6.07) is 2.22. The number of amides is 1. The highest BCUT2D eigenvalue weighted by Gasteiger charge is 2.25. The van der Waals surface area contributed by atoms with Crippen molar-refractivity contribution in [2.75, 3.05) is 36.0 Å². The number of nitrogens with one attached hydrogen (secondary N) is 2. The topological polar surface area (TPSA) is 90.0 Å². The first-order valence-corrected chi connectivity index (χ1v) is 10.1. The lowest BCUT2D eigenvalue weighted by molar-refractivity contribution is -0.120. The molecule has 0 saturated carbocycles. The third-order valence-corrected chi connectivity index (χ3v) is 6.35. The molecule has 0 atom stereocenters.